The molecule has 0 aromatic heterocycles. The lowest BCUT2D eigenvalue weighted by Crippen LogP contribution is -2.54. The number of rotatable bonds is 2. The van der Waals surface area contributed by atoms with Gasteiger partial charge in [0.2, 0.25) is 10.0 Å². The molecule has 0 bridgehead atoms. The van der Waals surface area contributed by atoms with E-state index >= 15 is 0 Å². The molecule has 5 nitrogen and oxygen atoms in total. The van der Waals surface area contributed by atoms with Crippen LogP contribution in [0.4, 0.5) is 5.69 Å². The monoisotopic (exact) mass is 331 g/mol. The lowest BCUT2D eigenvalue weighted by molar-refractivity contribution is 0.0922. The molecule has 0 aliphatic carbocycles. The summed E-state index contributed by atoms with van der Waals surface area (Å²) in [5.41, 5.74) is 6.05. The van der Waals surface area contributed by atoms with Crippen LogP contribution in [-0.4, -0.2) is 49.3 Å². The van der Waals surface area contributed by atoms with Crippen LogP contribution in [0, 0.1) is 0 Å². The van der Waals surface area contributed by atoms with Gasteiger partial charge in [-0.1, -0.05) is 17.7 Å². The zero-order chi connectivity index (χ0) is 15.8. The largest absolute Gasteiger partial charge is 0.398 e. The summed E-state index contributed by atoms with van der Waals surface area (Å²) in [5.74, 6) is 0. The van der Waals surface area contributed by atoms with Crippen molar-refractivity contribution in [1.29, 1.82) is 0 Å². The van der Waals surface area contributed by atoms with Crippen molar-refractivity contribution in [2.24, 2.45) is 0 Å². The van der Waals surface area contributed by atoms with Gasteiger partial charge in [0, 0.05) is 31.7 Å². The maximum atomic E-state index is 12.7. The number of benzene rings is 1. The van der Waals surface area contributed by atoms with Crippen molar-refractivity contribution in [1.82, 2.24) is 9.21 Å². The van der Waals surface area contributed by atoms with Crippen molar-refractivity contribution in [2.75, 3.05) is 31.9 Å². The van der Waals surface area contributed by atoms with E-state index in [2.05, 4.69) is 25.7 Å². The van der Waals surface area contributed by atoms with Gasteiger partial charge in [-0.2, -0.15) is 4.31 Å². The molecule has 1 fully saturated rings. The normalized spacial score (nSPS) is 18.9. The number of hydrogen-bond donors (Lipinski definition) is 1. The predicted molar refractivity (Wildman–Crippen MR) is 85.9 cm³/mol. The van der Waals surface area contributed by atoms with Crippen molar-refractivity contribution in [3.8, 4) is 0 Å². The van der Waals surface area contributed by atoms with Crippen molar-refractivity contribution >= 4 is 27.3 Å². The van der Waals surface area contributed by atoms with E-state index in [0.717, 1.165) is 0 Å². The molecule has 0 spiro atoms. The molecule has 0 atom stereocenters. The van der Waals surface area contributed by atoms with Crippen molar-refractivity contribution < 1.29 is 8.42 Å². The van der Waals surface area contributed by atoms with Crippen molar-refractivity contribution in [3.05, 3.63) is 23.2 Å². The summed E-state index contributed by atoms with van der Waals surface area (Å²) in [4.78, 5) is 2.30. The maximum absolute atomic E-state index is 12.7. The Hall–Kier alpha value is -0.820. The SMILES string of the molecule is CC(C)(C)N1CCN(S(=O)(=O)c2c(N)cccc2Cl)CC1. The zero-order valence-corrected chi connectivity index (χ0v) is 14.2. The van der Waals surface area contributed by atoms with E-state index in [1.54, 1.807) is 18.2 Å². The molecular formula is C14H22ClN3O2S. The first-order chi connectivity index (χ1) is 9.64. The Morgan fingerprint density at radius 1 is 1.14 bits per heavy atom. The molecule has 2 N–H and O–H groups in total. The summed E-state index contributed by atoms with van der Waals surface area (Å²) < 4.78 is 26.9. The highest BCUT2D eigenvalue weighted by Crippen LogP contribution is 2.30. The Kier molecular flexibility index (Phi) is 4.54. The second-order valence-corrected chi connectivity index (χ2v) is 8.50. The number of piperazine rings is 1. The number of halogens is 1. The first kappa shape index (κ1) is 16.5. The third kappa shape index (κ3) is 3.34. The first-order valence-corrected chi connectivity index (χ1v) is 8.75. The van der Waals surface area contributed by atoms with Crippen LogP contribution in [0.2, 0.25) is 5.02 Å². The van der Waals surface area contributed by atoms with E-state index in [-0.39, 0.29) is 21.1 Å². The molecule has 1 aliphatic heterocycles. The summed E-state index contributed by atoms with van der Waals surface area (Å²) in [5, 5.41) is 0.174. The highest BCUT2D eigenvalue weighted by Gasteiger charge is 2.34. The smallest absolute Gasteiger partial charge is 0.246 e. The predicted octanol–water partition coefficient (Wildman–Crippen LogP) is 2.03. The first-order valence-electron chi connectivity index (χ1n) is 6.93. The molecule has 0 saturated carbocycles. The van der Waals surface area contributed by atoms with Crippen LogP contribution in [0.1, 0.15) is 20.8 Å². The number of sulfonamides is 1. The lowest BCUT2D eigenvalue weighted by Gasteiger charge is -2.41. The van der Waals surface area contributed by atoms with Crippen LogP contribution in [0.25, 0.3) is 0 Å². The third-order valence-electron chi connectivity index (χ3n) is 3.78. The molecule has 1 saturated heterocycles. The number of hydrogen-bond acceptors (Lipinski definition) is 4. The van der Waals surface area contributed by atoms with E-state index in [4.69, 9.17) is 17.3 Å². The lowest BCUT2D eigenvalue weighted by atomic mass is 10.1. The standard InChI is InChI=1S/C14H22ClN3O2S/c1-14(2,3)17-7-9-18(10-8-17)21(19,20)13-11(15)5-4-6-12(13)16/h4-6H,7-10,16H2,1-3H3. The van der Waals surface area contributed by atoms with E-state index in [0.29, 0.717) is 26.2 Å². The topological polar surface area (TPSA) is 66.6 Å². The van der Waals surface area contributed by atoms with Gasteiger partial charge in [0.05, 0.1) is 10.7 Å². The van der Waals surface area contributed by atoms with Gasteiger partial charge in [-0.15, -0.1) is 0 Å². The molecule has 1 aromatic rings. The quantitative estimate of drug-likeness (QED) is 0.842. The summed E-state index contributed by atoms with van der Waals surface area (Å²) in [6.45, 7) is 8.68. The summed E-state index contributed by atoms with van der Waals surface area (Å²) in [7, 11) is -3.64. The van der Waals surface area contributed by atoms with Crippen LogP contribution in [0.3, 0.4) is 0 Å². The Labute approximate surface area is 131 Å². The van der Waals surface area contributed by atoms with E-state index in [1.807, 2.05) is 0 Å². The van der Waals surface area contributed by atoms with Gasteiger partial charge >= 0.3 is 0 Å². The van der Waals surface area contributed by atoms with Gasteiger partial charge in [-0.25, -0.2) is 8.42 Å². The minimum Gasteiger partial charge on any atom is -0.398 e. The van der Waals surface area contributed by atoms with E-state index in [9.17, 15) is 8.42 Å². The number of anilines is 1. The molecule has 0 amide bonds. The minimum atomic E-state index is -3.64. The maximum Gasteiger partial charge on any atom is 0.246 e. The zero-order valence-electron chi connectivity index (χ0n) is 12.6. The average molecular weight is 332 g/mol. The second-order valence-electron chi connectivity index (χ2n) is 6.22. The van der Waals surface area contributed by atoms with Gasteiger partial charge < -0.3 is 5.73 Å². The summed E-state index contributed by atoms with van der Waals surface area (Å²) >= 11 is 6.04. The Balaban J connectivity index is 2.23. The fourth-order valence-electron chi connectivity index (χ4n) is 2.53. The van der Waals surface area contributed by atoms with E-state index < -0.39 is 10.0 Å². The van der Waals surface area contributed by atoms with Gasteiger partial charge in [0.15, 0.2) is 0 Å². The van der Waals surface area contributed by atoms with Gasteiger partial charge in [-0.3, -0.25) is 4.90 Å². The Morgan fingerprint density at radius 3 is 2.19 bits per heavy atom. The van der Waals surface area contributed by atoms with Gasteiger partial charge in [0.25, 0.3) is 0 Å². The Bertz CT molecular complexity index is 597. The molecule has 1 aliphatic rings. The highest BCUT2D eigenvalue weighted by atomic mass is 35.5. The number of nitrogens with two attached hydrogens (primary N) is 1. The van der Waals surface area contributed by atoms with Crippen LogP contribution in [0.15, 0.2) is 23.1 Å². The average Bonchev–Trinajstić information content (AvgIpc) is 2.37. The fraction of sp³-hybridized carbons (Fsp3) is 0.571. The van der Waals surface area contributed by atoms with Crippen LogP contribution in [-0.2, 0) is 10.0 Å². The second kappa shape index (κ2) is 5.76. The molecule has 21 heavy (non-hydrogen) atoms. The number of nitrogen functional groups attached to an aromatic ring is 1. The van der Waals surface area contributed by atoms with Crippen LogP contribution in [0.5, 0.6) is 0 Å². The molecule has 7 heteroatoms. The minimum absolute atomic E-state index is 0.0240. The summed E-state index contributed by atoms with van der Waals surface area (Å²) in [6.07, 6.45) is 0. The molecule has 0 unspecified atom stereocenters. The molecule has 1 aromatic carbocycles. The molecule has 1 heterocycles. The summed E-state index contributed by atoms with van der Waals surface area (Å²) in [6, 6.07) is 4.76. The van der Waals surface area contributed by atoms with Gasteiger partial charge in [-0.05, 0) is 32.9 Å². The van der Waals surface area contributed by atoms with Gasteiger partial charge in [0.1, 0.15) is 4.90 Å². The molecular weight excluding hydrogens is 310 g/mol. The Morgan fingerprint density at radius 2 is 1.71 bits per heavy atom. The van der Waals surface area contributed by atoms with Crippen LogP contribution < -0.4 is 5.73 Å². The van der Waals surface area contributed by atoms with E-state index in [1.165, 1.54) is 4.31 Å². The molecule has 118 valence electrons. The van der Waals surface area contributed by atoms with Crippen molar-refractivity contribution in [3.63, 3.8) is 0 Å². The molecule has 2 rings (SSSR count). The van der Waals surface area contributed by atoms with Crippen LogP contribution >= 0.6 is 11.6 Å². The van der Waals surface area contributed by atoms with Crippen molar-refractivity contribution in [2.45, 2.75) is 31.2 Å². The molecule has 0 radical (unpaired) electrons. The number of nitrogens with zero attached hydrogens (tertiary/aromatic N) is 2. The third-order valence-corrected chi connectivity index (χ3v) is 6.23. The highest BCUT2D eigenvalue weighted by molar-refractivity contribution is 7.89. The fourth-order valence-corrected chi connectivity index (χ4v) is 4.58.